The zero-order valence-electron chi connectivity index (χ0n) is 16.4. The lowest BCUT2D eigenvalue weighted by Crippen LogP contribution is -2.58. The van der Waals surface area contributed by atoms with Crippen LogP contribution in [0.15, 0.2) is 0 Å². The number of esters is 2. The summed E-state index contributed by atoms with van der Waals surface area (Å²) >= 11 is 0. The molecule has 2 aliphatic carbocycles. The first-order valence-electron chi connectivity index (χ1n) is 8.69. The Morgan fingerprint density at radius 1 is 0.846 bits per heavy atom. The van der Waals surface area contributed by atoms with Gasteiger partial charge in [-0.1, -0.05) is 0 Å². The van der Waals surface area contributed by atoms with E-state index >= 15 is 0 Å². The van der Waals surface area contributed by atoms with E-state index in [4.69, 9.17) is 28.4 Å². The number of carbonyl (C=O) groups is 2. The maximum atomic E-state index is 12.8. The average Bonchev–Trinajstić information content (AvgIpc) is 3.06. The van der Waals surface area contributed by atoms with Crippen molar-refractivity contribution in [3.63, 3.8) is 0 Å². The molecule has 0 aliphatic heterocycles. The van der Waals surface area contributed by atoms with Crippen LogP contribution in [0.4, 0.5) is 0 Å². The van der Waals surface area contributed by atoms with E-state index in [2.05, 4.69) is 0 Å². The molecule has 0 saturated heterocycles. The van der Waals surface area contributed by atoms with Crippen LogP contribution < -0.4 is 0 Å². The van der Waals surface area contributed by atoms with Gasteiger partial charge >= 0.3 is 11.9 Å². The molecule has 0 amide bonds. The predicted molar refractivity (Wildman–Crippen MR) is 90.0 cm³/mol. The second-order valence-electron chi connectivity index (χ2n) is 7.08. The number of ether oxygens (including phenoxy) is 6. The summed E-state index contributed by atoms with van der Waals surface area (Å²) in [6.07, 6.45) is 0.982. The van der Waals surface area contributed by atoms with Crippen molar-refractivity contribution in [1.82, 2.24) is 0 Å². The Morgan fingerprint density at radius 2 is 1.38 bits per heavy atom. The molecule has 26 heavy (non-hydrogen) atoms. The second-order valence-corrected chi connectivity index (χ2v) is 7.08. The van der Waals surface area contributed by atoms with Gasteiger partial charge in [-0.25, -0.2) is 0 Å². The molecule has 150 valence electrons. The van der Waals surface area contributed by atoms with Gasteiger partial charge in [-0.15, -0.1) is 0 Å². The summed E-state index contributed by atoms with van der Waals surface area (Å²) in [5, 5.41) is 0. The van der Waals surface area contributed by atoms with E-state index in [0.29, 0.717) is 19.3 Å². The highest BCUT2D eigenvalue weighted by molar-refractivity contribution is 6.00. The van der Waals surface area contributed by atoms with E-state index < -0.39 is 35.3 Å². The average molecular weight is 374 g/mol. The molecule has 8 nitrogen and oxygen atoms in total. The second kappa shape index (κ2) is 8.21. The summed E-state index contributed by atoms with van der Waals surface area (Å²) in [7, 11) is 8.83. The van der Waals surface area contributed by atoms with Crippen LogP contribution in [0.5, 0.6) is 0 Å². The number of fused-ring (bicyclic) bond motifs is 2. The first kappa shape index (κ1) is 21.1. The Bertz CT molecular complexity index is 497. The van der Waals surface area contributed by atoms with Gasteiger partial charge in [0.2, 0.25) is 0 Å². The molecule has 0 aromatic heterocycles. The van der Waals surface area contributed by atoms with Gasteiger partial charge in [0.25, 0.3) is 0 Å². The highest BCUT2D eigenvalue weighted by Gasteiger charge is 2.69. The number of hydrogen-bond acceptors (Lipinski definition) is 8. The van der Waals surface area contributed by atoms with Gasteiger partial charge in [0.1, 0.15) is 0 Å². The van der Waals surface area contributed by atoms with Gasteiger partial charge in [0.15, 0.2) is 18.0 Å². The van der Waals surface area contributed by atoms with Crippen molar-refractivity contribution >= 4 is 11.9 Å². The first-order chi connectivity index (χ1) is 12.4. The first-order valence-corrected chi connectivity index (χ1v) is 8.69. The fraction of sp³-hybridized carbons (Fsp3) is 0.889. The van der Waals surface area contributed by atoms with Crippen LogP contribution in [-0.4, -0.2) is 67.2 Å². The standard InChI is InChI=1S/C18H30O8/c1-21-13(22-2)12-10-18(14(19)23-3,15(20)24-4)11-7-8-17(12,9-11)16(25-5)26-6/h11-13,16H,7-10H2,1-6H3/t11-,12-,17-/m1/s1. The van der Waals surface area contributed by atoms with Crippen molar-refractivity contribution in [2.45, 2.75) is 38.3 Å². The summed E-state index contributed by atoms with van der Waals surface area (Å²) in [5.41, 5.74) is -1.81. The summed E-state index contributed by atoms with van der Waals surface area (Å²) in [4.78, 5) is 25.5. The molecule has 0 spiro atoms. The summed E-state index contributed by atoms with van der Waals surface area (Å²) < 4.78 is 32.3. The fourth-order valence-electron chi connectivity index (χ4n) is 5.27. The van der Waals surface area contributed by atoms with Crippen LogP contribution in [0.3, 0.4) is 0 Å². The van der Waals surface area contributed by atoms with Crippen molar-refractivity contribution in [3.8, 4) is 0 Å². The third kappa shape index (κ3) is 2.93. The monoisotopic (exact) mass is 374 g/mol. The molecule has 0 aromatic rings. The highest BCUT2D eigenvalue weighted by Crippen LogP contribution is 2.64. The van der Waals surface area contributed by atoms with Crippen LogP contribution in [-0.2, 0) is 38.0 Å². The lowest BCUT2D eigenvalue weighted by Gasteiger charge is -2.51. The molecule has 2 rings (SSSR count). The van der Waals surface area contributed by atoms with Gasteiger partial charge in [-0.2, -0.15) is 0 Å². The smallest absolute Gasteiger partial charge is 0.323 e. The number of methoxy groups -OCH3 is 6. The Morgan fingerprint density at radius 3 is 1.81 bits per heavy atom. The van der Waals surface area contributed by atoms with Crippen molar-refractivity contribution in [1.29, 1.82) is 0 Å². The van der Waals surface area contributed by atoms with E-state index in [1.165, 1.54) is 28.4 Å². The van der Waals surface area contributed by atoms with Crippen LogP contribution in [0, 0.1) is 22.7 Å². The maximum absolute atomic E-state index is 12.8. The van der Waals surface area contributed by atoms with E-state index in [1.807, 2.05) is 0 Å². The van der Waals surface area contributed by atoms with Crippen LogP contribution in [0.1, 0.15) is 25.7 Å². The topological polar surface area (TPSA) is 89.5 Å². The zero-order valence-corrected chi connectivity index (χ0v) is 16.4. The van der Waals surface area contributed by atoms with Crippen LogP contribution in [0.2, 0.25) is 0 Å². The van der Waals surface area contributed by atoms with Crippen molar-refractivity contribution in [2.24, 2.45) is 22.7 Å². The molecular formula is C18H30O8. The molecule has 3 atom stereocenters. The normalized spacial score (nSPS) is 29.8. The quantitative estimate of drug-likeness (QED) is 0.357. The molecule has 0 unspecified atom stereocenters. The summed E-state index contributed by atoms with van der Waals surface area (Å²) in [6.45, 7) is 0. The summed E-state index contributed by atoms with van der Waals surface area (Å²) in [6, 6.07) is 0. The van der Waals surface area contributed by atoms with Crippen LogP contribution in [0.25, 0.3) is 0 Å². The molecule has 2 fully saturated rings. The van der Waals surface area contributed by atoms with Crippen molar-refractivity contribution in [3.05, 3.63) is 0 Å². The summed E-state index contributed by atoms with van der Waals surface area (Å²) in [5.74, 6) is -1.69. The Balaban J connectivity index is 2.58. The molecule has 0 aromatic carbocycles. The van der Waals surface area contributed by atoms with Gasteiger partial charge in [0.05, 0.1) is 14.2 Å². The maximum Gasteiger partial charge on any atom is 0.323 e. The molecule has 2 bridgehead atoms. The minimum absolute atomic E-state index is 0.187. The molecule has 2 saturated carbocycles. The van der Waals surface area contributed by atoms with Gasteiger partial charge in [-0.05, 0) is 31.6 Å². The van der Waals surface area contributed by atoms with Gasteiger partial charge in [-0.3, -0.25) is 9.59 Å². The largest absolute Gasteiger partial charge is 0.468 e. The van der Waals surface area contributed by atoms with E-state index in [0.717, 1.165) is 0 Å². The Labute approximate surface area is 154 Å². The third-order valence-corrected chi connectivity index (χ3v) is 6.35. The highest BCUT2D eigenvalue weighted by atomic mass is 16.7. The lowest BCUT2D eigenvalue weighted by molar-refractivity contribution is -0.259. The molecule has 0 heterocycles. The van der Waals surface area contributed by atoms with Crippen molar-refractivity contribution < 1.29 is 38.0 Å². The molecule has 2 aliphatic rings. The van der Waals surface area contributed by atoms with E-state index in [1.54, 1.807) is 14.2 Å². The molecular weight excluding hydrogens is 344 g/mol. The van der Waals surface area contributed by atoms with Crippen LogP contribution >= 0.6 is 0 Å². The zero-order chi connectivity index (χ0) is 19.5. The Kier molecular flexibility index (Phi) is 6.65. The molecule has 0 radical (unpaired) electrons. The van der Waals surface area contributed by atoms with Crippen molar-refractivity contribution in [2.75, 3.05) is 42.7 Å². The number of carbonyl (C=O) groups excluding carboxylic acids is 2. The fourth-order valence-corrected chi connectivity index (χ4v) is 5.27. The van der Waals surface area contributed by atoms with Gasteiger partial charge < -0.3 is 28.4 Å². The number of hydrogen-bond donors (Lipinski definition) is 0. The minimum atomic E-state index is -1.38. The number of rotatable bonds is 8. The van der Waals surface area contributed by atoms with Gasteiger partial charge in [0, 0.05) is 39.8 Å². The van der Waals surface area contributed by atoms with E-state index in [9.17, 15) is 9.59 Å². The molecule has 0 N–H and O–H groups in total. The minimum Gasteiger partial charge on any atom is -0.468 e. The Hall–Kier alpha value is -1.22. The third-order valence-electron chi connectivity index (χ3n) is 6.35. The SMILES string of the molecule is COC(=O)C1(C(=O)OC)C[C@H](C(OC)OC)[C@@]2(C(OC)OC)CC[C@@H]1C2. The predicted octanol–water partition coefficient (Wildman–Crippen LogP) is 1.36. The molecule has 8 heteroatoms. The van der Waals surface area contributed by atoms with E-state index in [-0.39, 0.29) is 18.3 Å². The lowest BCUT2D eigenvalue weighted by atomic mass is 9.56.